The number of hydrogen-bond acceptors (Lipinski definition) is 6. The van der Waals surface area contributed by atoms with E-state index in [-0.39, 0.29) is 5.91 Å². The van der Waals surface area contributed by atoms with Crippen molar-refractivity contribution >= 4 is 17.5 Å². The first-order valence-corrected chi connectivity index (χ1v) is 11.9. The summed E-state index contributed by atoms with van der Waals surface area (Å²) in [5.41, 5.74) is 4.68. The highest BCUT2D eigenvalue weighted by molar-refractivity contribution is 5.94. The van der Waals surface area contributed by atoms with E-state index in [0.717, 1.165) is 56.0 Å². The quantitative estimate of drug-likeness (QED) is 0.533. The fourth-order valence-electron chi connectivity index (χ4n) is 4.09. The summed E-state index contributed by atoms with van der Waals surface area (Å²) in [6.07, 6.45) is 3.74. The molecule has 1 saturated heterocycles. The topological polar surface area (TPSA) is 73.4 Å². The molecule has 7 nitrogen and oxygen atoms in total. The third kappa shape index (κ3) is 6.40. The minimum absolute atomic E-state index is 0.0934. The Morgan fingerprint density at radius 3 is 2.41 bits per heavy atom. The highest BCUT2D eigenvalue weighted by Crippen LogP contribution is 2.21. The van der Waals surface area contributed by atoms with Crippen LogP contribution in [0.1, 0.15) is 28.8 Å². The van der Waals surface area contributed by atoms with Crippen LogP contribution in [0.3, 0.4) is 0 Å². The lowest BCUT2D eigenvalue weighted by Crippen LogP contribution is -2.46. The smallest absolute Gasteiger partial charge is 0.253 e. The van der Waals surface area contributed by atoms with Crippen molar-refractivity contribution in [2.45, 2.75) is 25.8 Å². The highest BCUT2D eigenvalue weighted by atomic mass is 16.2. The average Bonchev–Trinajstić information content (AvgIpc) is 2.85. The monoisotopic (exact) mass is 458 g/mol. The number of aryl methyl sites for hydroxylation is 1. The van der Waals surface area contributed by atoms with Gasteiger partial charge in [0.25, 0.3) is 5.91 Å². The molecule has 4 rings (SSSR count). The van der Waals surface area contributed by atoms with Gasteiger partial charge in [0.2, 0.25) is 5.95 Å². The number of piperidine rings is 1. The number of likely N-dealkylation sites (N-methyl/N-ethyl adjacent to an activating group) is 1. The summed E-state index contributed by atoms with van der Waals surface area (Å²) >= 11 is 0. The van der Waals surface area contributed by atoms with Crippen LogP contribution >= 0.6 is 0 Å². The molecule has 0 aliphatic carbocycles. The maximum atomic E-state index is 13.0. The van der Waals surface area contributed by atoms with Gasteiger partial charge in [0.15, 0.2) is 0 Å². The number of nitrogens with one attached hydrogen (secondary N) is 2. The molecule has 0 saturated carbocycles. The van der Waals surface area contributed by atoms with Crippen molar-refractivity contribution in [3.63, 3.8) is 0 Å². The van der Waals surface area contributed by atoms with E-state index in [1.54, 1.807) is 6.20 Å². The molecule has 1 amide bonds. The molecule has 0 radical (unpaired) electrons. The van der Waals surface area contributed by atoms with Gasteiger partial charge in [-0.05, 0) is 64.2 Å². The van der Waals surface area contributed by atoms with E-state index >= 15 is 0 Å². The summed E-state index contributed by atoms with van der Waals surface area (Å²) < 4.78 is 0. The van der Waals surface area contributed by atoms with E-state index in [1.165, 1.54) is 5.56 Å². The van der Waals surface area contributed by atoms with Crippen molar-refractivity contribution in [1.82, 2.24) is 25.1 Å². The standard InChI is InChI=1S/C27H34N6O/c1-20-4-6-21(7-5-20)25-12-15-29-27(31-25)30-24-10-8-22(9-11-24)26(34)33-17-13-23(14-18-33)28-16-19-32(2)3/h4-12,15,23,28H,13-14,16-19H2,1-3H3,(H,29,30,31). The van der Waals surface area contributed by atoms with Crippen LogP contribution in [-0.4, -0.2) is 72.0 Å². The van der Waals surface area contributed by atoms with Crippen LogP contribution in [0.15, 0.2) is 60.8 Å². The predicted octanol–water partition coefficient (Wildman–Crippen LogP) is 3.95. The molecule has 0 unspecified atom stereocenters. The van der Waals surface area contributed by atoms with Gasteiger partial charge in [-0.1, -0.05) is 29.8 Å². The van der Waals surface area contributed by atoms with E-state index in [4.69, 9.17) is 0 Å². The van der Waals surface area contributed by atoms with Crippen molar-refractivity contribution in [2.75, 3.05) is 45.6 Å². The summed E-state index contributed by atoms with van der Waals surface area (Å²) in [6, 6.07) is 18.2. The Bertz CT molecular complexity index is 1070. The van der Waals surface area contributed by atoms with E-state index in [2.05, 4.69) is 70.8 Å². The average molecular weight is 459 g/mol. The molecule has 2 heterocycles. The Balaban J connectivity index is 1.32. The number of carbonyl (C=O) groups excluding carboxylic acids is 1. The highest BCUT2D eigenvalue weighted by Gasteiger charge is 2.23. The maximum Gasteiger partial charge on any atom is 0.253 e. The number of benzene rings is 2. The molecule has 1 aliphatic heterocycles. The van der Waals surface area contributed by atoms with Gasteiger partial charge in [-0.25, -0.2) is 9.97 Å². The second-order valence-corrected chi connectivity index (χ2v) is 9.16. The van der Waals surface area contributed by atoms with Gasteiger partial charge in [0.05, 0.1) is 5.69 Å². The van der Waals surface area contributed by atoms with Crippen molar-refractivity contribution in [3.8, 4) is 11.3 Å². The second kappa shape index (κ2) is 11.2. The van der Waals surface area contributed by atoms with Crippen LogP contribution in [0.5, 0.6) is 0 Å². The molecule has 34 heavy (non-hydrogen) atoms. The molecule has 1 aliphatic rings. The lowest BCUT2D eigenvalue weighted by Gasteiger charge is -2.33. The van der Waals surface area contributed by atoms with Crippen LogP contribution in [0.4, 0.5) is 11.6 Å². The van der Waals surface area contributed by atoms with Gasteiger partial charge in [-0.15, -0.1) is 0 Å². The number of hydrogen-bond donors (Lipinski definition) is 2. The summed E-state index contributed by atoms with van der Waals surface area (Å²) in [5, 5.41) is 6.85. The third-order valence-electron chi connectivity index (χ3n) is 6.17. The first kappa shape index (κ1) is 23.9. The summed E-state index contributed by atoms with van der Waals surface area (Å²) in [6.45, 7) is 5.66. The third-order valence-corrected chi connectivity index (χ3v) is 6.17. The molecule has 1 fully saturated rings. The van der Waals surface area contributed by atoms with E-state index in [1.807, 2.05) is 35.2 Å². The Kier molecular flexibility index (Phi) is 7.87. The van der Waals surface area contributed by atoms with Crippen molar-refractivity contribution in [3.05, 3.63) is 71.9 Å². The number of rotatable bonds is 8. The number of aromatic nitrogens is 2. The number of nitrogens with zero attached hydrogens (tertiary/aromatic N) is 4. The van der Waals surface area contributed by atoms with Gasteiger partial charge in [-0.2, -0.15) is 0 Å². The van der Waals surface area contributed by atoms with Crippen LogP contribution in [-0.2, 0) is 0 Å². The zero-order chi connectivity index (χ0) is 23.9. The summed E-state index contributed by atoms with van der Waals surface area (Å²) in [5.74, 6) is 0.622. The predicted molar refractivity (Wildman–Crippen MR) is 137 cm³/mol. The Morgan fingerprint density at radius 1 is 1.03 bits per heavy atom. The lowest BCUT2D eigenvalue weighted by molar-refractivity contribution is 0.0705. The first-order chi connectivity index (χ1) is 16.5. The fraction of sp³-hybridized carbons (Fsp3) is 0.370. The summed E-state index contributed by atoms with van der Waals surface area (Å²) in [4.78, 5) is 26.1. The van der Waals surface area contributed by atoms with Crippen LogP contribution < -0.4 is 10.6 Å². The molecule has 0 atom stereocenters. The van der Waals surface area contributed by atoms with Crippen molar-refractivity contribution < 1.29 is 4.79 Å². The largest absolute Gasteiger partial charge is 0.339 e. The molecule has 0 bridgehead atoms. The fourth-order valence-corrected chi connectivity index (χ4v) is 4.09. The molecule has 3 aromatic rings. The number of amides is 1. The normalized spacial score (nSPS) is 14.4. The second-order valence-electron chi connectivity index (χ2n) is 9.16. The number of carbonyl (C=O) groups is 1. The Labute approximate surface area is 202 Å². The lowest BCUT2D eigenvalue weighted by atomic mass is 10.0. The van der Waals surface area contributed by atoms with Gasteiger partial charge in [0, 0.05) is 55.2 Å². The van der Waals surface area contributed by atoms with Gasteiger partial charge in [-0.3, -0.25) is 4.79 Å². The molecule has 2 aromatic carbocycles. The molecule has 0 spiro atoms. The minimum atomic E-state index is 0.0934. The van der Waals surface area contributed by atoms with Crippen molar-refractivity contribution in [2.24, 2.45) is 0 Å². The van der Waals surface area contributed by atoms with Gasteiger partial charge in [0.1, 0.15) is 0 Å². The minimum Gasteiger partial charge on any atom is -0.339 e. The van der Waals surface area contributed by atoms with Crippen LogP contribution in [0.25, 0.3) is 11.3 Å². The molecule has 178 valence electrons. The van der Waals surface area contributed by atoms with E-state index in [0.29, 0.717) is 17.6 Å². The molecule has 1 aromatic heterocycles. The van der Waals surface area contributed by atoms with Crippen molar-refractivity contribution in [1.29, 1.82) is 0 Å². The molecule has 2 N–H and O–H groups in total. The molecule has 7 heteroatoms. The first-order valence-electron chi connectivity index (χ1n) is 11.9. The van der Waals surface area contributed by atoms with Crippen LogP contribution in [0.2, 0.25) is 0 Å². The molecular formula is C27H34N6O. The SMILES string of the molecule is Cc1ccc(-c2ccnc(Nc3ccc(C(=O)N4CCC(NCCN(C)C)CC4)cc3)n2)cc1. The maximum absolute atomic E-state index is 13.0. The van der Waals surface area contributed by atoms with Crippen LogP contribution in [0, 0.1) is 6.92 Å². The van der Waals surface area contributed by atoms with E-state index in [9.17, 15) is 4.79 Å². The number of likely N-dealkylation sites (tertiary alicyclic amines) is 1. The Morgan fingerprint density at radius 2 is 1.74 bits per heavy atom. The zero-order valence-electron chi connectivity index (χ0n) is 20.3. The zero-order valence-corrected chi connectivity index (χ0v) is 20.3. The van der Waals surface area contributed by atoms with E-state index < -0.39 is 0 Å². The van der Waals surface area contributed by atoms with Gasteiger partial charge < -0.3 is 20.4 Å². The van der Waals surface area contributed by atoms with Gasteiger partial charge >= 0.3 is 0 Å². The number of anilines is 2. The summed E-state index contributed by atoms with van der Waals surface area (Å²) in [7, 11) is 4.17. The Hall–Kier alpha value is -3.29. The molecular weight excluding hydrogens is 424 g/mol.